The highest BCUT2D eigenvalue weighted by atomic mass is 16.3. The standard InChI is InChI=1S/C51H32N4O/c1-3-15-33(16-4-1)43-31-38(32-47-48(43)42-25-9-12-28-46(42)56-47)35-19-13-20-36(29-35)50-52-49(34-17-5-2-6-18-34)53-51(54-50)37-21-14-22-39(30-37)55-44-26-10-7-23-40(44)41-24-8-11-27-45(41)55/h1-32H. The predicted octanol–water partition coefficient (Wildman–Crippen LogP) is 13.2. The van der Waals surface area contributed by atoms with Gasteiger partial charge in [-0.15, -0.1) is 0 Å². The average Bonchev–Trinajstić information content (AvgIpc) is 3.83. The summed E-state index contributed by atoms with van der Waals surface area (Å²) in [5.74, 6) is 1.83. The van der Waals surface area contributed by atoms with Crippen LogP contribution in [0.1, 0.15) is 0 Å². The van der Waals surface area contributed by atoms with E-state index in [1.165, 1.54) is 10.8 Å². The van der Waals surface area contributed by atoms with Crippen molar-refractivity contribution in [1.29, 1.82) is 0 Å². The summed E-state index contributed by atoms with van der Waals surface area (Å²) >= 11 is 0. The Morgan fingerprint density at radius 3 is 1.55 bits per heavy atom. The summed E-state index contributed by atoms with van der Waals surface area (Å²) in [5, 5.41) is 4.66. The van der Waals surface area contributed by atoms with Crippen LogP contribution in [0.2, 0.25) is 0 Å². The summed E-state index contributed by atoms with van der Waals surface area (Å²) in [7, 11) is 0. The molecular weight excluding hydrogens is 685 g/mol. The topological polar surface area (TPSA) is 56.7 Å². The van der Waals surface area contributed by atoms with Crippen LogP contribution in [0.5, 0.6) is 0 Å². The lowest BCUT2D eigenvalue weighted by Gasteiger charge is -2.12. The number of aromatic nitrogens is 4. The first-order valence-corrected chi connectivity index (χ1v) is 18.8. The summed E-state index contributed by atoms with van der Waals surface area (Å²) in [4.78, 5) is 15.3. The van der Waals surface area contributed by atoms with Crippen LogP contribution in [0.4, 0.5) is 0 Å². The van der Waals surface area contributed by atoms with E-state index in [0.29, 0.717) is 17.5 Å². The number of furan rings is 1. The van der Waals surface area contributed by atoms with Crippen LogP contribution in [0.15, 0.2) is 199 Å². The fourth-order valence-electron chi connectivity index (χ4n) is 8.04. The van der Waals surface area contributed by atoms with E-state index >= 15 is 0 Å². The number of para-hydroxylation sites is 3. The van der Waals surface area contributed by atoms with Gasteiger partial charge in [0.25, 0.3) is 0 Å². The van der Waals surface area contributed by atoms with Gasteiger partial charge < -0.3 is 8.98 Å². The number of hydrogen-bond acceptors (Lipinski definition) is 4. The minimum Gasteiger partial charge on any atom is -0.456 e. The minimum atomic E-state index is 0.603. The van der Waals surface area contributed by atoms with Crippen LogP contribution in [-0.2, 0) is 0 Å². The lowest BCUT2D eigenvalue weighted by atomic mass is 9.94. The van der Waals surface area contributed by atoms with Crippen molar-refractivity contribution in [2.45, 2.75) is 0 Å². The molecule has 3 heterocycles. The maximum Gasteiger partial charge on any atom is 0.164 e. The van der Waals surface area contributed by atoms with E-state index in [-0.39, 0.29) is 0 Å². The zero-order valence-corrected chi connectivity index (χ0v) is 30.2. The second-order valence-electron chi connectivity index (χ2n) is 14.0. The molecule has 0 aliphatic heterocycles. The monoisotopic (exact) mass is 716 g/mol. The Morgan fingerprint density at radius 2 is 0.857 bits per heavy atom. The quantitative estimate of drug-likeness (QED) is 0.172. The maximum atomic E-state index is 6.47. The van der Waals surface area contributed by atoms with Crippen LogP contribution in [0.3, 0.4) is 0 Å². The largest absolute Gasteiger partial charge is 0.456 e. The average molecular weight is 717 g/mol. The van der Waals surface area contributed by atoms with Crippen molar-refractivity contribution in [2.75, 3.05) is 0 Å². The van der Waals surface area contributed by atoms with Crippen molar-refractivity contribution < 1.29 is 4.42 Å². The van der Waals surface area contributed by atoms with Gasteiger partial charge in [0.15, 0.2) is 17.5 Å². The molecule has 0 saturated heterocycles. The summed E-state index contributed by atoms with van der Waals surface area (Å²) in [5.41, 5.74) is 12.2. The van der Waals surface area contributed by atoms with Crippen LogP contribution in [0, 0.1) is 0 Å². The SMILES string of the molecule is c1ccc(-c2nc(-c3cccc(-c4cc(-c5ccccc5)c5c(c4)oc4ccccc45)c3)nc(-c3cccc(-n4c5ccccc5c5ccccc54)c3)n2)cc1. The van der Waals surface area contributed by atoms with Gasteiger partial charge in [-0.25, -0.2) is 15.0 Å². The first-order chi connectivity index (χ1) is 27.7. The van der Waals surface area contributed by atoms with E-state index in [9.17, 15) is 0 Å². The molecule has 0 bridgehead atoms. The maximum absolute atomic E-state index is 6.47. The summed E-state index contributed by atoms with van der Waals surface area (Å²) in [6.07, 6.45) is 0. The molecule has 0 N–H and O–H groups in total. The molecule has 0 saturated carbocycles. The Labute approximate surface area is 322 Å². The Kier molecular flexibility index (Phi) is 7.42. The second kappa shape index (κ2) is 13.0. The molecule has 0 radical (unpaired) electrons. The van der Waals surface area contributed by atoms with Gasteiger partial charge in [0.1, 0.15) is 11.2 Å². The molecule has 11 aromatic rings. The lowest BCUT2D eigenvalue weighted by Crippen LogP contribution is -2.01. The summed E-state index contributed by atoms with van der Waals surface area (Å²) in [6.45, 7) is 0. The molecule has 0 fully saturated rings. The summed E-state index contributed by atoms with van der Waals surface area (Å²) < 4.78 is 8.79. The molecule has 0 spiro atoms. The van der Waals surface area contributed by atoms with Gasteiger partial charge in [0, 0.05) is 43.9 Å². The van der Waals surface area contributed by atoms with Crippen LogP contribution >= 0.6 is 0 Å². The van der Waals surface area contributed by atoms with Gasteiger partial charge in [0.05, 0.1) is 11.0 Å². The fraction of sp³-hybridized carbons (Fsp3) is 0. The summed E-state index contributed by atoms with van der Waals surface area (Å²) in [6, 6.07) is 67.4. The molecule has 3 aromatic heterocycles. The molecule has 11 rings (SSSR count). The van der Waals surface area contributed by atoms with Gasteiger partial charge in [-0.2, -0.15) is 0 Å². The molecule has 56 heavy (non-hydrogen) atoms. The number of fused-ring (bicyclic) bond motifs is 6. The van der Waals surface area contributed by atoms with E-state index in [1.54, 1.807) is 0 Å². The van der Waals surface area contributed by atoms with E-state index in [0.717, 1.165) is 77.6 Å². The zero-order valence-electron chi connectivity index (χ0n) is 30.2. The minimum absolute atomic E-state index is 0.603. The van der Waals surface area contributed by atoms with Crippen molar-refractivity contribution in [1.82, 2.24) is 19.5 Å². The Hall–Kier alpha value is -7.63. The van der Waals surface area contributed by atoms with Gasteiger partial charge in [0.2, 0.25) is 0 Å². The third-order valence-corrected chi connectivity index (χ3v) is 10.6. The smallest absolute Gasteiger partial charge is 0.164 e. The number of benzene rings is 8. The van der Waals surface area contributed by atoms with Crippen LogP contribution in [0.25, 0.3) is 106 Å². The molecule has 0 unspecified atom stereocenters. The third kappa shape index (κ3) is 5.37. The first kappa shape index (κ1) is 31.9. The third-order valence-electron chi connectivity index (χ3n) is 10.6. The van der Waals surface area contributed by atoms with Gasteiger partial charge in [-0.1, -0.05) is 146 Å². The Bertz CT molecular complexity index is 3200. The number of hydrogen-bond donors (Lipinski definition) is 0. The van der Waals surface area contributed by atoms with E-state index in [4.69, 9.17) is 19.4 Å². The second-order valence-corrected chi connectivity index (χ2v) is 14.0. The Balaban J connectivity index is 1.07. The highest BCUT2D eigenvalue weighted by Gasteiger charge is 2.18. The molecule has 5 nitrogen and oxygen atoms in total. The highest BCUT2D eigenvalue weighted by molar-refractivity contribution is 6.14. The van der Waals surface area contributed by atoms with Crippen molar-refractivity contribution in [3.63, 3.8) is 0 Å². The molecule has 0 aliphatic rings. The van der Waals surface area contributed by atoms with Gasteiger partial charge in [-0.05, 0) is 70.8 Å². The van der Waals surface area contributed by atoms with Gasteiger partial charge >= 0.3 is 0 Å². The van der Waals surface area contributed by atoms with Crippen LogP contribution in [-0.4, -0.2) is 19.5 Å². The van der Waals surface area contributed by atoms with Crippen LogP contribution < -0.4 is 0 Å². The van der Waals surface area contributed by atoms with E-state index in [1.807, 2.05) is 42.5 Å². The fourth-order valence-corrected chi connectivity index (χ4v) is 8.04. The first-order valence-electron chi connectivity index (χ1n) is 18.8. The molecule has 0 aliphatic carbocycles. The Morgan fingerprint density at radius 1 is 0.339 bits per heavy atom. The van der Waals surface area contributed by atoms with Crippen molar-refractivity contribution in [3.8, 4) is 62.1 Å². The normalized spacial score (nSPS) is 11.6. The van der Waals surface area contributed by atoms with Crippen molar-refractivity contribution >= 4 is 43.7 Å². The molecule has 262 valence electrons. The van der Waals surface area contributed by atoms with Crippen molar-refractivity contribution in [2.24, 2.45) is 0 Å². The predicted molar refractivity (Wildman–Crippen MR) is 229 cm³/mol. The molecule has 0 amide bonds. The molecule has 0 atom stereocenters. The van der Waals surface area contributed by atoms with Gasteiger partial charge in [-0.3, -0.25) is 0 Å². The number of nitrogens with zero attached hydrogens (tertiary/aromatic N) is 4. The molecule has 8 aromatic carbocycles. The highest BCUT2D eigenvalue weighted by Crippen LogP contribution is 2.41. The van der Waals surface area contributed by atoms with Crippen molar-refractivity contribution in [3.05, 3.63) is 194 Å². The van der Waals surface area contributed by atoms with E-state index in [2.05, 4.69) is 156 Å². The lowest BCUT2D eigenvalue weighted by molar-refractivity contribution is 0.669. The molecular formula is C51H32N4O. The zero-order chi connectivity index (χ0) is 37.0. The molecule has 5 heteroatoms. The van der Waals surface area contributed by atoms with E-state index < -0.39 is 0 Å². The number of rotatable bonds is 6.